The van der Waals surface area contributed by atoms with Crippen molar-refractivity contribution in [1.82, 2.24) is 4.90 Å². The van der Waals surface area contributed by atoms with Crippen molar-refractivity contribution in [3.8, 4) is 0 Å². The van der Waals surface area contributed by atoms with Crippen molar-refractivity contribution in [3.05, 3.63) is 58.0 Å². The second-order valence-corrected chi connectivity index (χ2v) is 6.31. The SMILES string of the molecule is CCC(N)C(c1ccccc1Br)N(C)Cc1ccoc1C. The van der Waals surface area contributed by atoms with Crippen LogP contribution in [0.15, 0.2) is 45.5 Å². The Morgan fingerprint density at radius 2 is 2.00 bits per heavy atom. The number of nitrogens with two attached hydrogens (primary N) is 1. The van der Waals surface area contributed by atoms with Crippen LogP contribution in [0.5, 0.6) is 0 Å². The van der Waals surface area contributed by atoms with E-state index in [1.807, 2.05) is 19.1 Å². The number of benzene rings is 1. The minimum Gasteiger partial charge on any atom is -0.469 e. The van der Waals surface area contributed by atoms with Gasteiger partial charge in [0.25, 0.3) is 0 Å². The molecule has 0 radical (unpaired) electrons. The molecular weight excluding hydrogens is 328 g/mol. The number of hydrogen-bond donors (Lipinski definition) is 1. The largest absolute Gasteiger partial charge is 0.469 e. The van der Waals surface area contributed by atoms with Gasteiger partial charge in [-0.3, -0.25) is 4.90 Å². The number of halogens is 1. The summed E-state index contributed by atoms with van der Waals surface area (Å²) in [5.74, 6) is 0.970. The van der Waals surface area contributed by atoms with Crippen LogP contribution in [-0.2, 0) is 6.54 Å². The molecule has 0 spiro atoms. The second kappa shape index (κ2) is 7.25. The van der Waals surface area contributed by atoms with E-state index >= 15 is 0 Å². The molecule has 0 aliphatic rings. The Hall–Kier alpha value is -1.10. The smallest absolute Gasteiger partial charge is 0.105 e. The van der Waals surface area contributed by atoms with Gasteiger partial charge in [-0.05, 0) is 38.1 Å². The zero-order valence-electron chi connectivity index (χ0n) is 12.8. The molecule has 2 aromatic rings. The van der Waals surface area contributed by atoms with Crippen molar-refractivity contribution in [2.45, 2.75) is 38.9 Å². The molecular formula is C17H23BrN2O. The molecule has 0 bridgehead atoms. The highest BCUT2D eigenvalue weighted by molar-refractivity contribution is 9.10. The summed E-state index contributed by atoms with van der Waals surface area (Å²) in [6.07, 6.45) is 2.67. The Kier molecular flexibility index (Phi) is 5.62. The minimum atomic E-state index is 0.0842. The number of nitrogens with zero attached hydrogens (tertiary/aromatic N) is 1. The van der Waals surface area contributed by atoms with E-state index < -0.39 is 0 Å². The Balaban J connectivity index is 2.28. The Morgan fingerprint density at radius 3 is 2.57 bits per heavy atom. The predicted molar refractivity (Wildman–Crippen MR) is 90.1 cm³/mol. The Bertz CT molecular complexity index is 582. The van der Waals surface area contributed by atoms with Crippen LogP contribution in [0, 0.1) is 6.92 Å². The van der Waals surface area contributed by atoms with Crippen molar-refractivity contribution in [2.24, 2.45) is 5.73 Å². The standard InChI is InChI=1S/C17H23BrN2O/c1-4-16(19)17(14-7-5-6-8-15(14)18)20(3)11-13-9-10-21-12(13)2/h5-10,16-17H,4,11,19H2,1-3H3. The summed E-state index contributed by atoms with van der Waals surface area (Å²) in [5.41, 5.74) is 8.84. The molecule has 3 nitrogen and oxygen atoms in total. The van der Waals surface area contributed by atoms with E-state index in [-0.39, 0.29) is 12.1 Å². The molecule has 0 amide bonds. The molecule has 21 heavy (non-hydrogen) atoms. The van der Waals surface area contributed by atoms with Gasteiger partial charge in [-0.2, -0.15) is 0 Å². The normalized spacial score (nSPS) is 14.4. The fourth-order valence-electron chi connectivity index (χ4n) is 2.68. The lowest BCUT2D eigenvalue weighted by Gasteiger charge is -2.33. The molecule has 114 valence electrons. The van der Waals surface area contributed by atoms with Gasteiger partial charge < -0.3 is 10.2 Å². The van der Waals surface area contributed by atoms with Crippen LogP contribution in [0.2, 0.25) is 0 Å². The van der Waals surface area contributed by atoms with Crippen LogP contribution >= 0.6 is 15.9 Å². The second-order valence-electron chi connectivity index (χ2n) is 5.46. The third-order valence-corrected chi connectivity index (χ3v) is 4.68. The number of aryl methyl sites for hydroxylation is 1. The summed E-state index contributed by atoms with van der Waals surface area (Å²) >= 11 is 3.65. The fraction of sp³-hybridized carbons (Fsp3) is 0.412. The predicted octanol–water partition coefficient (Wildman–Crippen LogP) is 4.26. The average molecular weight is 351 g/mol. The van der Waals surface area contributed by atoms with Crippen LogP contribution in [0.25, 0.3) is 0 Å². The summed E-state index contributed by atoms with van der Waals surface area (Å²) in [5, 5.41) is 0. The van der Waals surface area contributed by atoms with Crippen LogP contribution in [0.4, 0.5) is 0 Å². The summed E-state index contributed by atoms with van der Waals surface area (Å²) in [4.78, 5) is 2.30. The number of rotatable bonds is 6. The van der Waals surface area contributed by atoms with E-state index in [0.717, 1.165) is 23.2 Å². The van der Waals surface area contributed by atoms with Crippen molar-refractivity contribution in [3.63, 3.8) is 0 Å². The first-order chi connectivity index (χ1) is 10.0. The van der Waals surface area contributed by atoms with Crippen LogP contribution < -0.4 is 5.73 Å². The summed E-state index contributed by atoms with van der Waals surface area (Å²) < 4.78 is 6.50. The van der Waals surface area contributed by atoms with E-state index in [0.29, 0.717) is 0 Å². The molecule has 0 aliphatic carbocycles. The molecule has 2 N–H and O–H groups in total. The maximum Gasteiger partial charge on any atom is 0.105 e. The van der Waals surface area contributed by atoms with E-state index in [1.54, 1.807) is 6.26 Å². The van der Waals surface area contributed by atoms with Crippen molar-refractivity contribution < 1.29 is 4.42 Å². The van der Waals surface area contributed by atoms with Gasteiger partial charge >= 0.3 is 0 Å². The summed E-state index contributed by atoms with van der Waals surface area (Å²) in [7, 11) is 2.12. The van der Waals surface area contributed by atoms with E-state index in [1.165, 1.54) is 11.1 Å². The Labute approximate surface area is 135 Å². The quantitative estimate of drug-likeness (QED) is 0.846. The first-order valence-corrected chi connectivity index (χ1v) is 8.07. The van der Waals surface area contributed by atoms with Gasteiger partial charge in [0.2, 0.25) is 0 Å². The van der Waals surface area contributed by atoms with Gasteiger partial charge in [-0.15, -0.1) is 0 Å². The molecule has 1 aromatic carbocycles. The molecule has 1 heterocycles. The summed E-state index contributed by atoms with van der Waals surface area (Å²) in [6.45, 7) is 4.95. The van der Waals surface area contributed by atoms with Gasteiger partial charge in [0.05, 0.1) is 12.3 Å². The van der Waals surface area contributed by atoms with Gasteiger partial charge in [-0.25, -0.2) is 0 Å². The fourth-order valence-corrected chi connectivity index (χ4v) is 3.19. The highest BCUT2D eigenvalue weighted by atomic mass is 79.9. The molecule has 2 rings (SSSR count). The lowest BCUT2D eigenvalue weighted by molar-refractivity contribution is 0.200. The van der Waals surface area contributed by atoms with Gasteiger partial charge in [0.15, 0.2) is 0 Å². The van der Waals surface area contributed by atoms with E-state index in [4.69, 9.17) is 10.2 Å². The molecule has 0 fully saturated rings. The summed E-state index contributed by atoms with van der Waals surface area (Å²) in [6, 6.07) is 10.6. The molecule has 4 heteroatoms. The highest BCUT2D eigenvalue weighted by Crippen LogP contribution is 2.31. The van der Waals surface area contributed by atoms with Crippen molar-refractivity contribution in [1.29, 1.82) is 0 Å². The molecule has 1 aromatic heterocycles. The molecule has 2 atom stereocenters. The lowest BCUT2D eigenvalue weighted by atomic mass is 9.96. The van der Waals surface area contributed by atoms with Crippen LogP contribution in [-0.4, -0.2) is 18.0 Å². The first-order valence-electron chi connectivity index (χ1n) is 7.27. The molecule has 0 saturated heterocycles. The minimum absolute atomic E-state index is 0.0842. The number of furan rings is 1. The van der Waals surface area contributed by atoms with Crippen LogP contribution in [0.3, 0.4) is 0 Å². The van der Waals surface area contributed by atoms with E-state index in [9.17, 15) is 0 Å². The van der Waals surface area contributed by atoms with Crippen LogP contribution in [0.1, 0.15) is 36.3 Å². The average Bonchev–Trinajstić information content (AvgIpc) is 2.86. The molecule has 0 aliphatic heterocycles. The third-order valence-electron chi connectivity index (χ3n) is 3.96. The monoisotopic (exact) mass is 350 g/mol. The van der Waals surface area contributed by atoms with E-state index in [2.05, 4.69) is 53.0 Å². The Morgan fingerprint density at radius 1 is 1.29 bits per heavy atom. The lowest BCUT2D eigenvalue weighted by Crippen LogP contribution is -2.38. The zero-order valence-corrected chi connectivity index (χ0v) is 14.4. The molecule has 2 unspecified atom stereocenters. The maximum atomic E-state index is 6.40. The number of hydrogen-bond acceptors (Lipinski definition) is 3. The highest BCUT2D eigenvalue weighted by Gasteiger charge is 2.25. The van der Waals surface area contributed by atoms with Crippen molar-refractivity contribution >= 4 is 15.9 Å². The van der Waals surface area contributed by atoms with Gasteiger partial charge in [-0.1, -0.05) is 41.1 Å². The van der Waals surface area contributed by atoms with Crippen molar-refractivity contribution in [2.75, 3.05) is 7.05 Å². The third kappa shape index (κ3) is 3.76. The molecule has 0 saturated carbocycles. The maximum absolute atomic E-state index is 6.40. The number of likely N-dealkylation sites (N-methyl/N-ethyl adjacent to an activating group) is 1. The van der Waals surface area contributed by atoms with Gasteiger partial charge in [0.1, 0.15) is 5.76 Å². The zero-order chi connectivity index (χ0) is 15.4. The van der Waals surface area contributed by atoms with Gasteiger partial charge in [0, 0.05) is 22.6 Å². The first kappa shape index (κ1) is 16.3. The topological polar surface area (TPSA) is 42.4 Å².